The predicted octanol–water partition coefficient (Wildman–Crippen LogP) is 2.63. The maximum absolute atomic E-state index is 10.9. The van der Waals surface area contributed by atoms with Crippen molar-refractivity contribution < 1.29 is 14.6 Å². The van der Waals surface area contributed by atoms with Crippen molar-refractivity contribution in [2.75, 3.05) is 5.73 Å². The third-order valence-corrected chi connectivity index (χ3v) is 2.49. The van der Waals surface area contributed by atoms with E-state index in [0.717, 1.165) is 0 Å². The van der Waals surface area contributed by atoms with Gasteiger partial charge in [0.1, 0.15) is 5.75 Å². The maximum Gasteiger partial charge on any atom is 0.337 e. The lowest BCUT2D eigenvalue weighted by molar-refractivity contribution is 0.0697. The predicted molar refractivity (Wildman–Crippen MR) is 69.0 cm³/mol. The number of nitrogen functional groups attached to an aromatic ring is 1. The zero-order valence-corrected chi connectivity index (χ0v) is 9.83. The van der Waals surface area contributed by atoms with Crippen molar-refractivity contribution in [3.05, 3.63) is 53.6 Å². The summed E-state index contributed by atoms with van der Waals surface area (Å²) >= 11 is 0. The number of aromatic carboxylic acids is 1. The molecule has 0 aliphatic heterocycles. The monoisotopic (exact) mass is 254 g/mol. The van der Waals surface area contributed by atoms with Gasteiger partial charge in [0.05, 0.1) is 22.9 Å². The first-order chi connectivity index (χ1) is 9.11. The average Bonchev–Trinajstić information content (AvgIpc) is 2.41. The van der Waals surface area contributed by atoms with E-state index < -0.39 is 5.97 Å². The number of anilines is 1. The quantitative estimate of drug-likeness (QED) is 0.820. The number of benzene rings is 2. The lowest BCUT2D eigenvalue weighted by atomic mass is 10.1. The first-order valence-electron chi connectivity index (χ1n) is 5.41. The summed E-state index contributed by atoms with van der Waals surface area (Å²) in [4.78, 5) is 10.9. The van der Waals surface area contributed by atoms with Crippen LogP contribution in [-0.4, -0.2) is 11.1 Å². The minimum atomic E-state index is -1.12. The topological polar surface area (TPSA) is 96.3 Å². The number of ether oxygens (including phenoxy) is 1. The Hall–Kier alpha value is -3.00. The van der Waals surface area contributed by atoms with Crippen molar-refractivity contribution >= 4 is 11.7 Å². The Bertz CT molecular complexity index is 675. The van der Waals surface area contributed by atoms with Crippen LogP contribution in [0.5, 0.6) is 11.5 Å². The Kier molecular flexibility index (Phi) is 3.35. The maximum atomic E-state index is 10.9. The molecule has 2 rings (SSSR count). The molecule has 5 heteroatoms. The molecule has 2 aromatic carbocycles. The molecule has 3 N–H and O–H groups in total. The standard InChI is InChI=1S/C14H10N2O3/c15-8-9-3-1-4-10(7-9)19-12-6-2-5-11(13(12)16)14(17)18/h1-7H,16H2,(H,17,18). The van der Waals surface area contributed by atoms with Gasteiger partial charge in [0.25, 0.3) is 0 Å². The molecule has 5 nitrogen and oxygen atoms in total. The van der Waals surface area contributed by atoms with Crippen LogP contribution < -0.4 is 10.5 Å². The molecule has 19 heavy (non-hydrogen) atoms. The minimum Gasteiger partial charge on any atom is -0.478 e. The van der Waals surface area contributed by atoms with E-state index in [2.05, 4.69) is 0 Å². The molecule has 0 aliphatic carbocycles. The summed E-state index contributed by atoms with van der Waals surface area (Å²) in [5.74, 6) is -0.447. The van der Waals surface area contributed by atoms with Crippen molar-refractivity contribution in [3.63, 3.8) is 0 Å². The lowest BCUT2D eigenvalue weighted by Gasteiger charge is -2.10. The van der Waals surface area contributed by atoms with Crippen molar-refractivity contribution in [1.29, 1.82) is 5.26 Å². The highest BCUT2D eigenvalue weighted by atomic mass is 16.5. The minimum absolute atomic E-state index is 0.0195. The Morgan fingerprint density at radius 1 is 1.26 bits per heavy atom. The number of hydrogen-bond donors (Lipinski definition) is 2. The van der Waals surface area contributed by atoms with Crippen molar-refractivity contribution in [1.82, 2.24) is 0 Å². The molecule has 0 radical (unpaired) electrons. The lowest BCUT2D eigenvalue weighted by Crippen LogP contribution is -2.03. The Labute approximate surface area is 109 Å². The van der Waals surface area contributed by atoms with Gasteiger partial charge < -0.3 is 15.6 Å². The molecular formula is C14H10N2O3. The Morgan fingerprint density at radius 2 is 2.00 bits per heavy atom. The van der Waals surface area contributed by atoms with Gasteiger partial charge in [0, 0.05) is 0 Å². The zero-order chi connectivity index (χ0) is 13.8. The van der Waals surface area contributed by atoms with Crippen LogP contribution in [0.2, 0.25) is 0 Å². The highest BCUT2D eigenvalue weighted by molar-refractivity contribution is 5.95. The van der Waals surface area contributed by atoms with Gasteiger partial charge in [-0.15, -0.1) is 0 Å². The van der Waals surface area contributed by atoms with Crippen LogP contribution in [0.1, 0.15) is 15.9 Å². The van der Waals surface area contributed by atoms with E-state index >= 15 is 0 Å². The number of para-hydroxylation sites is 1. The second kappa shape index (κ2) is 5.10. The SMILES string of the molecule is N#Cc1cccc(Oc2cccc(C(=O)O)c2N)c1. The summed E-state index contributed by atoms with van der Waals surface area (Å²) in [6.07, 6.45) is 0. The molecule has 94 valence electrons. The molecule has 0 fully saturated rings. The summed E-state index contributed by atoms with van der Waals surface area (Å²) in [6.45, 7) is 0. The third-order valence-electron chi connectivity index (χ3n) is 2.49. The van der Waals surface area contributed by atoms with Gasteiger partial charge in [-0.1, -0.05) is 12.1 Å². The second-order valence-electron chi connectivity index (χ2n) is 3.76. The molecular weight excluding hydrogens is 244 g/mol. The Morgan fingerprint density at radius 3 is 2.68 bits per heavy atom. The number of carboxylic acid groups (broad SMARTS) is 1. The van der Waals surface area contributed by atoms with E-state index in [4.69, 9.17) is 20.8 Å². The number of nitrogens with zero attached hydrogens (tertiary/aromatic N) is 1. The summed E-state index contributed by atoms with van der Waals surface area (Å²) in [6, 6.07) is 13.0. The molecule has 0 heterocycles. The molecule has 0 aromatic heterocycles. The fourth-order valence-corrected chi connectivity index (χ4v) is 1.58. The van der Waals surface area contributed by atoms with Gasteiger partial charge in [0.2, 0.25) is 0 Å². The molecule has 0 unspecified atom stereocenters. The molecule has 0 atom stereocenters. The fraction of sp³-hybridized carbons (Fsp3) is 0. The number of carboxylic acids is 1. The highest BCUT2D eigenvalue weighted by Gasteiger charge is 2.12. The molecule has 0 aliphatic rings. The molecule has 0 bridgehead atoms. The molecule has 0 saturated heterocycles. The largest absolute Gasteiger partial charge is 0.478 e. The van der Waals surface area contributed by atoms with Crippen LogP contribution in [0.3, 0.4) is 0 Å². The smallest absolute Gasteiger partial charge is 0.337 e. The van der Waals surface area contributed by atoms with Gasteiger partial charge in [-0.25, -0.2) is 4.79 Å². The van der Waals surface area contributed by atoms with Gasteiger partial charge >= 0.3 is 5.97 Å². The van der Waals surface area contributed by atoms with Crippen LogP contribution in [0.4, 0.5) is 5.69 Å². The van der Waals surface area contributed by atoms with Gasteiger partial charge in [0.15, 0.2) is 5.75 Å². The summed E-state index contributed by atoms with van der Waals surface area (Å²) in [5, 5.41) is 17.8. The zero-order valence-electron chi connectivity index (χ0n) is 9.83. The van der Waals surface area contributed by atoms with E-state index in [1.54, 1.807) is 36.4 Å². The first-order valence-corrected chi connectivity index (χ1v) is 5.41. The van der Waals surface area contributed by atoms with Crippen LogP contribution in [0.15, 0.2) is 42.5 Å². The molecule has 0 spiro atoms. The number of rotatable bonds is 3. The summed E-state index contributed by atoms with van der Waals surface area (Å²) in [7, 11) is 0. The number of carbonyl (C=O) groups is 1. The molecule has 0 amide bonds. The second-order valence-corrected chi connectivity index (χ2v) is 3.76. The Balaban J connectivity index is 2.36. The highest BCUT2D eigenvalue weighted by Crippen LogP contribution is 2.30. The van der Waals surface area contributed by atoms with Crippen LogP contribution >= 0.6 is 0 Å². The van der Waals surface area contributed by atoms with Crippen LogP contribution in [0, 0.1) is 11.3 Å². The van der Waals surface area contributed by atoms with E-state index in [-0.39, 0.29) is 17.0 Å². The van der Waals surface area contributed by atoms with E-state index in [0.29, 0.717) is 11.3 Å². The van der Waals surface area contributed by atoms with Gasteiger partial charge in [-0.2, -0.15) is 5.26 Å². The molecule has 2 aromatic rings. The number of nitrogens with two attached hydrogens (primary N) is 1. The van der Waals surface area contributed by atoms with Crippen molar-refractivity contribution in [2.45, 2.75) is 0 Å². The van der Waals surface area contributed by atoms with E-state index in [9.17, 15) is 4.79 Å². The molecule has 0 saturated carbocycles. The number of nitriles is 1. The van der Waals surface area contributed by atoms with Crippen LogP contribution in [-0.2, 0) is 0 Å². The van der Waals surface area contributed by atoms with Crippen molar-refractivity contribution in [3.8, 4) is 17.6 Å². The van der Waals surface area contributed by atoms with Gasteiger partial charge in [-0.05, 0) is 30.3 Å². The van der Waals surface area contributed by atoms with E-state index in [1.807, 2.05) is 6.07 Å². The fourth-order valence-electron chi connectivity index (χ4n) is 1.58. The number of hydrogen-bond acceptors (Lipinski definition) is 4. The first kappa shape index (κ1) is 12.5. The summed E-state index contributed by atoms with van der Waals surface area (Å²) in [5.41, 5.74) is 6.21. The van der Waals surface area contributed by atoms with E-state index in [1.165, 1.54) is 6.07 Å². The normalized spacial score (nSPS) is 9.63. The van der Waals surface area contributed by atoms with Crippen LogP contribution in [0.25, 0.3) is 0 Å². The third kappa shape index (κ3) is 2.64. The summed E-state index contributed by atoms with van der Waals surface area (Å²) < 4.78 is 5.50. The van der Waals surface area contributed by atoms with Crippen molar-refractivity contribution in [2.24, 2.45) is 0 Å². The van der Waals surface area contributed by atoms with Gasteiger partial charge in [-0.3, -0.25) is 0 Å². The average molecular weight is 254 g/mol.